The van der Waals surface area contributed by atoms with Gasteiger partial charge in [0.1, 0.15) is 0 Å². The SMILES string of the molecule is Cn1nc(-c2ccncc2)c(CN)cc1=O. The van der Waals surface area contributed by atoms with E-state index >= 15 is 0 Å². The Labute approximate surface area is 92.6 Å². The van der Waals surface area contributed by atoms with Crippen LogP contribution in [-0.4, -0.2) is 14.8 Å². The Balaban J connectivity index is 2.65. The van der Waals surface area contributed by atoms with Crippen LogP contribution in [0.25, 0.3) is 11.3 Å². The zero-order chi connectivity index (χ0) is 11.5. The van der Waals surface area contributed by atoms with Gasteiger partial charge >= 0.3 is 0 Å². The van der Waals surface area contributed by atoms with Crippen molar-refractivity contribution in [3.8, 4) is 11.3 Å². The Morgan fingerprint density at radius 1 is 1.38 bits per heavy atom. The van der Waals surface area contributed by atoms with E-state index in [2.05, 4.69) is 10.1 Å². The predicted octanol–water partition coefficient (Wildman–Crippen LogP) is 0.301. The molecule has 16 heavy (non-hydrogen) atoms. The largest absolute Gasteiger partial charge is 0.326 e. The van der Waals surface area contributed by atoms with E-state index in [-0.39, 0.29) is 5.56 Å². The van der Waals surface area contributed by atoms with Crippen molar-refractivity contribution in [1.29, 1.82) is 0 Å². The summed E-state index contributed by atoms with van der Waals surface area (Å²) in [5.41, 5.74) is 7.83. The molecule has 0 aliphatic carbocycles. The van der Waals surface area contributed by atoms with Crippen LogP contribution in [0, 0.1) is 0 Å². The molecule has 2 aromatic rings. The molecule has 2 N–H and O–H groups in total. The summed E-state index contributed by atoms with van der Waals surface area (Å²) < 4.78 is 1.30. The maximum Gasteiger partial charge on any atom is 0.266 e. The van der Waals surface area contributed by atoms with Gasteiger partial charge < -0.3 is 5.73 Å². The van der Waals surface area contributed by atoms with E-state index in [9.17, 15) is 4.79 Å². The summed E-state index contributed by atoms with van der Waals surface area (Å²) in [6, 6.07) is 5.20. The molecular formula is C11H12N4O. The fourth-order valence-electron chi connectivity index (χ4n) is 1.48. The van der Waals surface area contributed by atoms with Crippen molar-refractivity contribution in [3.05, 3.63) is 46.5 Å². The van der Waals surface area contributed by atoms with Gasteiger partial charge in [0, 0.05) is 37.6 Å². The zero-order valence-electron chi connectivity index (χ0n) is 8.92. The molecule has 0 atom stereocenters. The number of rotatable bonds is 2. The van der Waals surface area contributed by atoms with Crippen LogP contribution in [0.5, 0.6) is 0 Å². The average molecular weight is 216 g/mol. The molecule has 0 amide bonds. The van der Waals surface area contributed by atoms with Crippen molar-refractivity contribution in [2.24, 2.45) is 12.8 Å². The lowest BCUT2D eigenvalue weighted by Crippen LogP contribution is -2.21. The molecule has 0 aliphatic heterocycles. The summed E-state index contributed by atoms with van der Waals surface area (Å²) in [7, 11) is 1.62. The van der Waals surface area contributed by atoms with E-state index in [0.717, 1.165) is 16.8 Å². The third-order valence-electron chi connectivity index (χ3n) is 2.34. The molecule has 5 nitrogen and oxygen atoms in total. The van der Waals surface area contributed by atoms with E-state index < -0.39 is 0 Å². The molecule has 0 saturated carbocycles. The average Bonchev–Trinajstić information content (AvgIpc) is 2.33. The molecule has 2 heterocycles. The molecule has 0 aromatic carbocycles. The van der Waals surface area contributed by atoms with Crippen molar-refractivity contribution < 1.29 is 0 Å². The maximum absolute atomic E-state index is 11.4. The molecule has 0 aliphatic rings. The van der Waals surface area contributed by atoms with Crippen molar-refractivity contribution >= 4 is 0 Å². The predicted molar refractivity (Wildman–Crippen MR) is 60.6 cm³/mol. The zero-order valence-corrected chi connectivity index (χ0v) is 8.92. The minimum absolute atomic E-state index is 0.154. The number of pyridine rings is 1. The normalized spacial score (nSPS) is 10.4. The molecule has 2 rings (SSSR count). The van der Waals surface area contributed by atoms with Gasteiger partial charge in [-0.05, 0) is 17.7 Å². The minimum Gasteiger partial charge on any atom is -0.326 e. The van der Waals surface area contributed by atoms with Gasteiger partial charge in [-0.1, -0.05) is 0 Å². The second kappa shape index (κ2) is 4.24. The fourth-order valence-corrected chi connectivity index (χ4v) is 1.48. The first-order valence-electron chi connectivity index (χ1n) is 4.90. The molecular weight excluding hydrogens is 204 g/mol. The van der Waals surface area contributed by atoms with E-state index in [1.54, 1.807) is 19.4 Å². The third-order valence-corrected chi connectivity index (χ3v) is 2.34. The van der Waals surface area contributed by atoms with Gasteiger partial charge in [-0.2, -0.15) is 5.10 Å². The van der Waals surface area contributed by atoms with Gasteiger partial charge in [-0.15, -0.1) is 0 Å². The van der Waals surface area contributed by atoms with E-state index in [1.165, 1.54) is 10.7 Å². The Hall–Kier alpha value is -2.01. The van der Waals surface area contributed by atoms with Crippen LogP contribution in [0.15, 0.2) is 35.4 Å². The quantitative estimate of drug-likeness (QED) is 0.783. The lowest BCUT2D eigenvalue weighted by molar-refractivity contribution is 0.704. The van der Waals surface area contributed by atoms with Crippen molar-refractivity contribution in [2.75, 3.05) is 0 Å². The van der Waals surface area contributed by atoms with Crippen LogP contribution >= 0.6 is 0 Å². The Morgan fingerprint density at radius 2 is 2.06 bits per heavy atom. The summed E-state index contributed by atoms with van der Waals surface area (Å²) in [4.78, 5) is 15.4. The van der Waals surface area contributed by atoms with Crippen molar-refractivity contribution in [2.45, 2.75) is 6.54 Å². The second-order valence-electron chi connectivity index (χ2n) is 3.42. The third kappa shape index (κ3) is 1.85. The molecule has 0 radical (unpaired) electrons. The van der Waals surface area contributed by atoms with Crippen LogP contribution in [0.2, 0.25) is 0 Å². The maximum atomic E-state index is 11.4. The van der Waals surface area contributed by atoms with Gasteiger partial charge in [0.15, 0.2) is 0 Å². The number of hydrogen-bond acceptors (Lipinski definition) is 4. The standard InChI is InChI=1S/C11H12N4O/c1-15-10(16)6-9(7-12)11(14-15)8-2-4-13-5-3-8/h2-6H,7,12H2,1H3. The van der Waals surface area contributed by atoms with Crippen molar-refractivity contribution in [1.82, 2.24) is 14.8 Å². The smallest absolute Gasteiger partial charge is 0.266 e. The molecule has 0 bridgehead atoms. The Morgan fingerprint density at radius 3 is 2.69 bits per heavy atom. The van der Waals surface area contributed by atoms with Gasteiger partial charge in [0.05, 0.1) is 5.69 Å². The van der Waals surface area contributed by atoms with Gasteiger partial charge in [0.2, 0.25) is 0 Å². The van der Waals surface area contributed by atoms with Gasteiger partial charge in [0.25, 0.3) is 5.56 Å². The van der Waals surface area contributed by atoms with Gasteiger partial charge in [-0.25, -0.2) is 4.68 Å². The lowest BCUT2D eigenvalue weighted by Gasteiger charge is -2.07. The van der Waals surface area contributed by atoms with Crippen molar-refractivity contribution in [3.63, 3.8) is 0 Å². The fraction of sp³-hybridized carbons (Fsp3) is 0.182. The lowest BCUT2D eigenvalue weighted by atomic mass is 10.1. The highest BCUT2D eigenvalue weighted by Crippen LogP contribution is 2.18. The highest BCUT2D eigenvalue weighted by molar-refractivity contribution is 5.61. The first kappa shape index (κ1) is 10.5. The van der Waals surface area contributed by atoms with Crippen LogP contribution in [0.1, 0.15) is 5.56 Å². The van der Waals surface area contributed by atoms with Crippen LogP contribution < -0.4 is 11.3 Å². The topological polar surface area (TPSA) is 73.8 Å². The molecule has 0 unspecified atom stereocenters. The molecule has 0 spiro atoms. The van der Waals surface area contributed by atoms with Gasteiger partial charge in [-0.3, -0.25) is 9.78 Å². The summed E-state index contributed by atoms with van der Waals surface area (Å²) in [6.45, 7) is 0.292. The Kier molecular flexibility index (Phi) is 2.78. The number of aromatic nitrogens is 3. The minimum atomic E-state index is -0.154. The number of aryl methyl sites for hydroxylation is 1. The van der Waals surface area contributed by atoms with E-state index in [1.807, 2.05) is 12.1 Å². The monoisotopic (exact) mass is 216 g/mol. The number of nitrogens with zero attached hydrogens (tertiary/aromatic N) is 3. The summed E-state index contributed by atoms with van der Waals surface area (Å²) in [5, 5.41) is 4.21. The summed E-state index contributed by atoms with van der Waals surface area (Å²) in [5.74, 6) is 0. The van der Waals surface area contributed by atoms with Crippen LogP contribution in [-0.2, 0) is 13.6 Å². The second-order valence-corrected chi connectivity index (χ2v) is 3.42. The first-order valence-corrected chi connectivity index (χ1v) is 4.90. The first-order chi connectivity index (χ1) is 7.72. The number of hydrogen-bond donors (Lipinski definition) is 1. The highest BCUT2D eigenvalue weighted by Gasteiger charge is 2.07. The molecule has 5 heteroatoms. The van der Waals surface area contributed by atoms with Crippen LogP contribution in [0.3, 0.4) is 0 Å². The molecule has 2 aromatic heterocycles. The van der Waals surface area contributed by atoms with E-state index in [4.69, 9.17) is 5.73 Å². The van der Waals surface area contributed by atoms with E-state index in [0.29, 0.717) is 6.54 Å². The Bertz CT molecular complexity index is 548. The molecule has 82 valence electrons. The molecule has 0 saturated heterocycles. The van der Waals surface area contributed by atoms with Crippen LogP contribution in [0.4, 0.5) is 0 Å². The highest BCUT2D eigenvalue weighted by atomic mass is 16.1. The summed E-state index contributed by atoms with van der Waals surface area (Å²) in [6.07, 6.45) is 3.37. The number of nitrogens with two attached hydrogens (primary N) is 1. The molecule has 0 fully saturated rings. The summed E-state index contributed by atoms with van der Waals surface area (Å²) >= 11 is 0.